The highest BCUT2D eigenvalue weighted by molar-refractivity contribution is 5.93. The Hall–Kier alpha value is -5.88. The minimum absolute atomic E-state index is 0.0341. The molecule has 12 nitrogen and oxygen atoms in total. The van der Waals surface area contributed by atoms with Crippen LogP contribution in [0.15, 0.2) is 79.0 Å². The summed E-state index contributed by atoms with van der Waals surface area (Å²) in [6.07, 6.45) is 6.67. The molecule has 1 aliphatic carbocycles. The first-order valence-electron chi connectivity index (χ1n) is 25.9. The number of amides is 1. The van der Waals surface area contributed by atoms with Crippen LogP contribution in [-0.4, -0.2) is 95.6 Å². The summed E-state index contributed by atoms with van der Waals surface area (Å²) in [5, 5.41) is 8.11. The van der Waals surface area contributed by atoms with E-state index >= 15 is 0 Å². The van der Waals surface area contributed by atoms with Gasteiger partial charge < -0.3 is 24.8 Å². The average Bonchev–Trinajstić information content (AvgIpc) is 3.81. The molecule has 3 fully saturated rings. The van der Waals surface area contributed by atoms with Crippen LogP contribution >= 0.6 is 0 Å². The van der Waals surface area contributed by atoms with Gasteiger partial charge in [0.1, 0.15) is 17.3 Å². The number of nitrogens with one attached hydrogen (secondary N) is 1. The van der Waals surface area contributed by atoms with Gasteiger partial charge in [-0.15, -0.1) is 5.10 Å². The lowest BCUT2D eigenvalue weighted by Gasteiger charge is -2.40. The lowest BCUT2D eigenvalue weighted by Crippen LogP contribution is -2.49. The second-order valence-electron chi connectivity index (χ2n) is 19.1. The van der Waals surface area contributed by atoms with E-state index in [4.69, 9.17) is 0 Å². The van der Waals surface area contributed by atoms with Crippen LogP contribution in [0.1, 0.15) is 130 Å². The van der Waals surface area contributed by atoms with Crippen molar-refractivity contribution in [2.45, 2.75) is 122 Å². The van der Waals surface area contributed by atoms with E-state index in [-0.39, 0.29) is 29.2 Å². The van der Waals surface area contributed by atoms with Gasteiger partial charge in [-0.3, -0.25) is 19.3 Å². The molecule has 0 radical (unpaired) electrons. The fourth-order valence-electron chi connectivity index (χ4n) is 8.59. The minimum Gasteiger partial charge on any atom is -0.371 e. The van der Waals surface area contributed by atoms with Crippen LogP contribution in [0.2, 0.25) is 0 Å². The predicted octanol–water partition coefficient (Wildman–Crippen LogP) is 12.3. The molecule has 4 heterocycles. The third-order valence-electron chi connectivity index (χ3n) is 13.7. The summed E-state index contributed by atoms with van der Waals surface area (Å²) in [5.74, 6) is 3.84. The third-order valence-corrected chi connectivity index (χ3v) is 13.7. The molecule has 70 heavy (non-hydrogen) atoms. The lowest BCUT2D eigenvalue weighted by atomic mass is 9.95. The molecular weight excluding hydrogens is 873 g/mol. The standard InChI is InChI=1S/C41H48N8O2.C8H14O2.C5H10.2C2H6/c1-28-9-10-34(24-38(28)45(5)31(4)51)33-11-13-36(14-12-33)48-21-19-46(20-22-48)27-32-15-17-47(18-16-32)37-8-6-7-35(25-37)43-40-23-29(2)41-42-26-39(30(3)50)49(41)44-40;1-6(8(3)10)4-5-7(2)9;1-4-3-5(4)2;2*1-2/h6-14,23-26,32H,15-22,27H2,1-5H3,(H,43,44);6H,4-5H2,1-3H3;4-5H,3H2,1-2H3;2*1-2H3/t;;4-,5+;;. The van der Waals surface area contributed by atoms with Gasteiger partial charge >= 0.3 is 0 Å². The Morgan fingerprint density at radius 2 is 1.34 bits per heavy atom. The fraction of sp³-hybridized carbons (Fsp3) is 0.517. The highest BCUT2D eigenvalue weighted by Crippen LogP contribution is 2.36. The minimum atomic E-state index is -0.0593. The number of hydrogen-bond acceptors (Lipinski definition) is 10. The molecule has 3 aliphatic rings. The molecular formula is C58H84N8O4. The van der Waals surface area contributed by atoms with Crippen molar-refractivity contribution in [2.75, 3.05) is 72.9 Å². The van der Waals surface area contributed by atoms with Crippen LogP contribution in [0.5, 0.6) is 0 Å². The van der Waals surface area contributed by atoms with Crippen molar-refractivity contribution in [3.8, 4) is 11.1 Å². The third kappa shape index (κ3) is 16.4. The van der Waals surface area contributed by atoms with Gasteiger partial charge in [0.05, 0.1) is 6.20 Å². The topological polar surface area (TPSA) is 123 Å². The summed E-state index contributed by atoms with van der Waals surface area (Å²) in [6.45, 7) is 32.2. The van der Waals surface area contributed by atoms with Crippen molar-refractivity contribution in [2.24, 2.45) is 23.7 Å². The number of hydrogen-bond donors (Lipinski definition) is 1. The quantitative estimate of drug-likeness (QED) is 0.114. The number of aryl methyl sites for hydroxylation is 2. The predicted molar refractivity (Wildman–Crippen MR) is 292 cm³/mol. The molecule has 1 unspecified atom stereocenters. The van der Waals surface area contributed by atoms with Gasteiger partial charge in [0, 0.05) is 102 Å². The summed E-state index contributed by atoms with van der Waals surface area (Å²) in [7, 11) is 1.83. The molecule has 1 amide bonds. The molecule has 3 atom stereocenters. The lowest BCUT2D eigenvalue weighted by molar-refractivity contribution is -0.121. The summed E-state index contributed by atoms with van der Waals surface area (Å²) in [4.78, 5) is 58.9. The highest BCUT2D eigenvalue weighted by Gasteiger charge is 2.27. The van der Waals surface area contributed by atoms with Gasteiger partial charge in [0.15, 0.2) is 17.2 Å². The zero-order valence-electron chi connectivity index (χ0n) is 45.1. The van der Waals surface area contributed by atoms with Crippen LogP contribution in [-0.2, 0) is 14.4 Å². The molecule has 0 spiro atoms. The number of carbonyl (C=O) groups excluding carboxylic acids is 4. The van der Waals surface area contributed by atoms with Crippen LogP contribution in [0.4, 0.5) is 28.6 Å². The van der Waals surface area contributed by atoms with Gasteiger partial charge in [-0.05, 0) is 136 Å². The first kappa shape index (κ1) is 56.7. The SMILES string of the molecule is CC.CC.CC(=O)CCC(C)C(C)=O.CC(=O)c1cnc2c(C)cc(Nc3cccc(N4CCC(CN5CCN(c6ccc(-c7ccc(C)c(N(C)C(C)=O)c7)cc6)CC5)CC4)c3)nn12.C[C@@H]1C[C@@H]1C. The van der Waals surface area contributed by atoms with Crippen molar-refractivity contribution in [1.29, 1.82) is 0 Å². The zero-order chi connectivity index (χ0) is 51.7. The molecule has 2 aliphatic heterocycles. The maximum Gasteiger partial charge on any atom is 0.223 e. The largest absolute Gasteiger partial charge is 0.371 e. The summed E-state index contributed by atoms with van der Waals surface area (Å²) >= 11 is 0. The van der Waals surface area contributed by atoms with Gasteiger partial charge in [-0.1, -0.05) is 78.8 Å². The van der Waals surface area contributed by atoms with E-state index in [2.05, 4.69) is 111 Å². The maximum absolute atomic E-state index is 12.1. The normalized spacial score (nSPS) is 16.9. The molecule has 8 rings (SSSR count). The smallest absolute Gasteiger partial charge is 0.223 e. The molecule has 2 aromatic heterocycles. The monoisotopic (exact) mass is 957 g/mol. The van der Waals surface area contributed by atoms with Crippen LogP contribution in [0, 0.1) is 37.5 Å². The van der Waals surface area contributed by atoms with E-state index < -0.39 is 0 Å². The molecule has 2 saturated heterocycles. The number of piperazine rings is 1. The van der Waals surface area contributed by atoms with Gasteiger partial charge in [-0.2, -0.15) is 0 Å². The molecule has 1 N–H and O–H groups in total. The first-order valence-corrected chi connectivity index (χ1v) is 25.9. The molecule has 1 saturated carbocycles. The van der Waals surface area contributed by atoms with E-state index in [1.54, 1.807) is 36.4 Å². The van der Waals surface area contributed by atoms with E-state index in [0.717, 1.165) is 91.3 Å². The number of aromatic nitrogens is 3. The Labute approximate surface area is 420 Å². The van der Waals surface area contributed by atoms with Crippen molar-refractivity contribution in [1.82, 2.24) is 19.5 Å². The number of ketones is 3. The Morgan fingerprint density at radius 3 is 1.90 bits per heavy atom. The van der Waals surface area contributed by atoms with Crippen molar-refractivity contribution < 1.29 is 19.2 Å². The van der Waals surface area contributed by atoms with E-state index in [1.165, 1.54) is 37.6 Å². The van der Waals surface area contributed by atoms with Crippen molar-refractivity contribution in [3.63, 3.8) is 0 Å². The number of imidazole rings is 1. The van der Waals surface area contributed by atoms with Crippen LogP contribution < -0.4 is 20.0 Å². The first-order chi connectivity index (χ1) is 33.5. The van der Waals surface area contributed by atoms with Gasteiger partial charge in [0.25, 0.3) is 0 Å². The van der Waals surface area contributed by atoms with Gasteiger partial charge in [0.2, 0.25) is 5.91 Å². The summed E-state index contributed by atoms with van der Waals surface area (Å²) in [5.41, 5.74) is 9.93. The number of Topliss-reactive ketones (excluding diaryl/α,β-unsaturated/α-hetero) is 3. The van der Waals surface area contributed by atoms with Crippen molar-refractivity contribution in [3.05, 3.63) is 95.8 Å². The number of fused-ring (bicyclic) bond motifs is 1. The number of nitrogens with zero attached hydrogens (tertiary/aromatic N) is 7. The maximum atomic E-state index is 12.1. The Bertz CT molecular complexity index is 2460. The molecule has 12 heteroatoms. The van der Waals surface area contributed by atoms with E-state index in [1.807, 2.05) is 61.6 Å². The molecule has 380 valence electrons. The van der Waals surface area contributed by atoms with Crippen LogP contribution in [0.3, 0.4) is 0 Å². The second kappa shape index (κ2) is 27.5. The summed E-state index contributed by atoms with van der Waals surface area (Å²) < 4.78 is 1.63. The number of benzene rings is 3. The Kier molecular flexibility index (Phi) is 22.3. The van der Waals surface area contributed by atoms with E-state index in [0.29, 0.717) is 35.9 Å². The summed E-state index contributed by atoms with van der Waals surface area (Å²) in [6, 6.07) is 25.7. The molecule has 0 bridgehead atoms. The Balaban J connectivity index is 0.000000475. The molecule has 5 aromatic rings. The fourth-order valence-corrected chi connectivity index (χ4v) is 8.59. The van der Waals surface area contributed by atoms with Crippen molar-refractivity contribution >= 4 is 57.5 Å². The zero-order valence-corrected chi connectivity index (χ0v) is 45.1. The van der Waals surface area contributed by atoms with Gasteiger partial charge in [-0.25, -0.2) is 9.50 Å². The number of anilines is 5. The number of rotatable bonds is 13. The average molecular weight is 957 g/mol. The van der Waals surface area contributed by atoms with E-state index in [9.17, 15) is 19.2 Å². The highest BCUT2D eigenvalue weighted by atomic mass is 16.2. The molecule has 3 aromatic carbocycles. The Morgan fingerprint density at radius 1 is 0.743 bits per heavy atom. The van der Waals surface area contributed by atoms with Crippen LogP contribution in [0.25, 0.3) is 16.8 Å². The second-order valence-corrected chi connectivity index (χ2v) is 19.1. The number of carbonyl (C=O) groups is 4. The number of piperidine rings is 1.